The van der Waals surface area contributed by atoms with E-state index >= 15 is 0 Å². The van der Waals surface area contributed by atoms with Gasteiger partial charge in [-0.2, -0.15) is 0 Å². The maximum Gasteiger partial charge on any atom is 0.136 e. The molecule has 11 aromatic rings. The first-order valence-corrected chi connectivity index (χ1v) is 16.3. The highest BCUT2D eigenvalue weighted by Crippen LogP contribution is 2.46. The second-order valence-corrected chi connectivity index (χ2v) is 12.9. The minimum absolute atomic E-state index is 0.908. The molecule has 0 N–H and O–H groups in total. The topological polar surface area (TPSA) is 13.1 Å². The molecule has 1 heterocycles. The maximum absolute atomic E-state index is 6.81. The molecule has 1 heteroatoms. The van der Waals surface area contributed by atoms with Crippen LogP contribution in [-0.2, 0) is 0 Å². The van der Waals surface area contributed by atoms with Gasteiger partial charge in [-0.1, -0.05) is 127 Å². The quantitative estimate of drug-likeness (QED) is 0.182. The van der Waals surface area contributed by atoms with Crippen molar-refractivity contribution in [3.05, 3.63) is 158 Å². The van der Waals surface area contributed by atoms with E-state index in [0.29, 0.717) is 0 Å². The molecule has 0 saturated heterocycles. The fourth-order valence-electron chi connectivity index (χ4n) is 8.22. The zero-order valence-corrected chi connectivity index (χ0v) is 25.4. The molecule has 0 aliphatic carbocycles. The number of rotatable bonds is 2. The lowest BCUT2D eigenvalue weighted by molar-refractivity contribution is 0.669. The van der Waals surface area contributed by atoms with Crippen LogP contribution in [0.1, 0.15) is 0 Å². The van der Waals surface area contributed by atoms with E-state index in [2.05, 4.69) is 158 Å². The van der Waals surface area contributed by atoms with E-state index in [1.54, 1.807) is 0 Å². The highest BCUT2D eigenvalue weighted by Gasteiger charge is 2.20. The van der Waals surface area contributed by atoms with Crippen molar-refractivity contribution < 1.29 is 4.42 Å². The van der Waals surface area contributed by atoms with Gasteiger partial charge in [-0.25, -0.2) is 0 Å². The first kappa shape index (κ1) is 25.1. The van der Waals surface area contributed by atoms with Gasteiger partial charge in [-0.3, -0.25) is 0 Å². The molecule has 1 aromatic heterocycles. The van der Waals surface area contributed by atoms with Crippen LogP contribution in [0, 0.1) is 0 Å². The van der Waals surface area contributed by atoms with Gasteiger partial charge in [0.2, 0.25) is 0 Å². The van der Waals surface area contributed by atoms with Crippen molar-refractivity contribution in [1.29, 1.82) is 0 Å². The lowest BCUT2D eigenvalue weighted by Crippen LogP contribution is -1.90. The van der Waals surface area contributed by atoms with Crippen molar-refractivity contribution in [2.75, 3.05) is 0 Å². The Hall–Kier alpha value is -6.18. The van der Waals surface area contributed by atoms with Gasteiger partial charge in [0.05, 0.1) is 0 Å². The molecule has 0 amide bonds. The van der Waals surface area contributed by atoms with Gasteiger partial charge >= 0.3 is 0 Å². The Morgan fingerprint density at radius 1 is 0.277 bits per heavy atom. The highest BCUT2D eigenvalue weighted by molar-refractivity contribution is 6.26. The molecule has 11 rings (SSSR count). The molecule has 0 fully saturated rings. The summed E-state index contributed by atoms with van der Waals surface area (Å²) in [6, 6.07) is 57.9. The number of hydrogen-bond donors (Lipinski definition) is 0. The first-order chi connectivity index (χ1) is 23.3. The standard InChI is InChI=1S/C46H26O/c1-2-9-31-25-42-41(22-30(31)8-1)46-40(39-23-32-10-3-4-13-34(32)36-14-5-6-15-37(36)39)24-33(26-43(46)47-42)35-20-18-29-17-16-27-11-7-12-28-19-21-38(35)45(29)44(27)28/h1-26H. The fraction of sp³-hybridized carbons (Fsp3) is 0. The maximum atomic E-state index is 6.81. The number of hydrogen-bond acceptors (Lipinski definition) is 1. The largest absolute Gasteiger partial charge is 0.456 e. The molecule has 0 saturated carbocycles. The van der Waals surface area contributed by atoms with Crippen LogP contribution in [0.3, 0.4) is 0 Å². The molecule has 0 aliphatic rings. The van der Waals surface area contributed by atoms with Crippen molar-refractivity contribution in [1.82, 2.24) is 0 Å². The third-order valence-corrected chi connectivity index (χ3v) is 10.3. The third kappa shape index (κ3) is 3.49. The minimum atomic E-state index is 0.908. The SMILES string of the molecule is c1ccc2cc3c(cc2c1)oc1cc(-c2ccc4ccc5cccc6ccc2c4c56)cc(-c2cc4ccccc4c4ccccc24)c13. The monoisotopic (exact) mass is 594 g/mol. The third-order valence-electron chi connectivity index (χ3n) is 10.3. The normalized spacial score (nSPS) is 12.3. The molecule has 1 nitrogen and oxygen atoms in total. The van der Waals surface area contributed by atoms with Crippen molar-refractivity contribution in [3.63, 3.8) is 0 Å². The number of furan rings is 1. The molecule has 0 spiro atoms. The van der Waals surface area contributed by atoms with Crippen molar-refractivity contribution in [2.45, 2.75) is 0 Å². The van der Waals surface area contributed by atoms with Crippen molar-refractivity contribution in [3.8, 4) is 22.3 Å². The predicted octanol–water partition coefficient (Wildman–Crippen LogP) is 13.3. The summed E-state index contributed by atoms with van der Waals surface area (Å²) in [4.78, 5) is 0. The molecule has 47 heavy (non-hydrogen) atoms. The molecule has 216 valence electrons. The molecule has 0 atom stereocenters. The Bertz CT molecular complexity index is 3050. The lowest BCUT2D eigenvalue weighted by Gasteiger charge is -2.16. The summed E-state index contributed by atoms with van der Waals surface area (Å²) >= 11 is 0. The van der Waals surface area contributed by atoms with Crippen LogP contribution in [0.5, 0.6) is 0 Å². The van der Waals surface area contributed by atoms with Crippen LogP contribution in [0.4, 0.5) is 0 Å². The van der Waals surface area contributed by atoms with E-state index < -0.39 is 0 Å². The van der Waals surface area contributed by atoms with Crippen LogP contribution in [-0.4, -0.2) is 0 Å². The van der Waals surface area contributed by atoms with Gasteiger partial charge < -0.3 is 4.42 Å². The number of benzene rings is 10. The summed E-state index contributed by atoms with van der Waals surface area (Å²) in [6.07, 6.45) is 0. The van der Waals surface area contributed by atoms with Crippen LogP contribution in [0.15, 0.2) is 162 Å². The molecular formula is C46H26O. The van der Waals surface area contributed by atoms with Crippen molar-refractivity contribution >= 4 is 86.6 Å². The second kappa shape index (κ2) is 9.19. The Balaban J connectivity index is 1.30. The summed E-state index contributed by atoms with van der Waals surface area (Å²) in [7, 11) is 0. The second-order valence-electron chi connectivity index (χ2n) is 12.9. The zero-order chi connectivity index (χ0) is 30.6. The number of fused-ring (bicyclic) bond motifs is 7. The first-order valence-electron chi connectivity index (χ1n) is 16.3. The molecule has 0 aliphatic heterocycles. The summed E-state index contributed by atoms with van der Waals surface area (Å²) in [5, 5.41) is 17.5. The van der Waals surface area contributed by atoms with Gasteiger partial charge in [0.25, 0.3) is 0 Å². The Morgan fingerprint density at radius 2 is 0.915 bits per heavy atom. The van der Waals surface area contributed by atoms with E-state index in [1.807, 2.05) is 0 Å². The minimum Gasteiger partial charge on any atom is -0.456 e. The summed E-state index contributed by atoms with van der Waals surface area (Å²) in [6.45, 7) is 0. The Kier molecular flexibility index (Phi) is 4.90. The van der Waals surface area contributed by atoms with Gasteiger partial charge in [0, 0.05) is 10.8 Å². The van der Waals surface area contributed by atoms with E-state index in [0.717, 1.165) is 27.5 Å². The van der Waals surface area contributed by atoms with Crippen LogP contribution in [0.2, 0.25) is 0 Å². The molecule has 10 aromatic carbocycles. The highest BCUT2D eigenvalue weighted by atomic mass is 16.3. The Morgan fingerprint density at radius 3 is 1.74 bits per heavy atom. The summed E-state index contributed by atoms with van der Waals surface area (Å²) in [5.74, 6) is 0. The van der Waals surface area contributed by atoms with Crippen molar-refractivity contribution in [2.24, 2.45) is 0 Å². The van der Waals surface area contributed by atoms with E-state index in [4.69, 9.17) is 4.42 Å². The van der Waals surface area contributed by atoms with E-state index in [1.165, 1.54) is 81.3 Å². The van der Waals surface area contributed by atoms with E-state index in [9.17, 15) is 0 Å². The van der Waals surface area contributed by atoms with Gasteiger partial charge in [-0.05, 0) is 117 Å². The van der Waals surface area contributed by atoms with Gasteiger partial charge in [-0.15, -0.1) is 0 Å². The smallest absolute Gasteiger partial charge is 0.136 e. The predicted molar refractivity (Wildman–Crippen MR) is 201 cm³/mol. The molecular weight excluding hydrogens is 569 g/mol. The van der Waals surface area contributed by atoms with Crippen LogP contribution < -0.4 is 0 Å². The van der Waals surface area contributed by atoms with Gasteiger partial charge in [0.15, 0.2) is 0 Å². The zero-order valence-electron chi connectivity index (χ0n) is 25.4. The van der Waals surface area contributed by atoms with Crippen LogP contribution >= 0.6 is 0 Å². The molecule has 0 radical (unpaired) electrons. The van der Waals surface area contributed by atoms with Gasteiger partial charge in [0.1, 0.15) is 11.2 Å². The summed E-state index contributed by atoms with van der Waals surface area (Å²) in [5.41, 5.74) is 6.61. The Labute approximate surface area is 270 Å². The fourth-order valence-corrected chi connectivity index (χ4v) is 8.22. The molecule has 0 bridgehead atoms. The average molecular weight is 595 g/mol. The van der Waals surface area contributed by atoms with Crippen LogP contribution in [0.25, 0.3) is 109 Å². The van der Waals surface area contributed by atoms with E-state index in [-0.39, 0.29) is 0 Å². The summed E-state index contributed by atoms with van der Waals surface area (Å²) < 4.78 is 6.81. The average Bonchev–Trinajstić information content (AvgIpc) is 3.49. The lowest BCUT2D eigenvalue weighted by atomic mass is 9.87. The molecule has 0 unspecified atom stereocenters.